The van der Waals surface area contributed by atoms with Gasteiger partial charge in [0.1, 0.15) is 11.6 Å². The number of aryl methyl sites for hydroxylation is 1. The molecule has 1 aromatic carbocycles. The van der Waals surface area contributed by atoms with Gasteiger partial charge in [0.15, 0.2) is 0 Å². The first-order chi connectivity index (χ1) is 17.7. The first-order valence-electron chi connectivity index (χ1n) is 14.3. The van der Waals surface area contributed by atoms with Crippen molar-refractivity contribution < 1.29 is 19.1 Å². The maximum absolute atomic E-state index is 13.8. The second-order valence-corrected chi connectivity index (χ2v) is 12.2. The minimum Gasteiger partial charge on any atom is -0.444 e. The zero-order valence-electron chi connectivity index (χ0n) is 23.1. The standard InChI is InChI=1S/C30H45N3O4/c1-5-11-22(31-29(36)37-30(2,3)4)19-27(34)33-25-17-9-7-13-21(25)18-26(33)28(35)32-24-16-10-14-20-12-6-8-15-23(20)24/h6,8,12,15,21-22,24-26H,5,7,9-11,13-14,16-19H2,1-4H3,(H,31,36)(H,32,35). The summed E-state index contributed by atoms with van der Waals surface area (Å²) in [6.45, 7) is 7.52. The zero-order chi connectivity index (χ0) is 26.6. The summed E-state index contributed by atoms with van der Waals surface area (Å²) in [6.07, 6.45) is 9.23. The van der Waals surface area contributed by atoms with Gasteiger partial charge in [0.05, 0.1) is 6.04 Å². The van der Waals surface area contributed by atoms with Crippen LogP contribution in [0.4, 0.5) is 4.79 Å². The molecule has 1 saturated heterocycles. The van der Waals surface area contributed by atoms with Crippen molar-refractivity contribution in [2.45, 2.75) is 128 Å². The number of carbonyl (C=O) groups excluding carboxylic acids is 3. The predicted octanol–water partition coefficient (Wildman–Crippen LogP) is 5.42. The lowest BCUT2D eigenvalue weighted by atomic mass is 9.84. The Balaban J connectivity index is 1.48. The van der Waals surface area contributed by atoms with E-state index < -0.39 is 17.7 Å². The van der Waals surface area contributed by atoms with E-state index in [9.17, 15) is 14.4 Å². The fraction of sp³-hybridized carbons (Fsp3) is 0.700. The van der Waals surface area contributed by atoms with Crippen LogP contribution in [-0.4, -0.2) is 46.5 Å². The van der Waals surface area contributed by atoms with Crippen LogP contribution in [-0.2, 0) is 20.7 Å². The fourth-order valence-corrected chi connectivity index (χ4v) is 6.59. The van der Waals surface area contributed by atoms with Crippen molar-refractivity contribution in [2.24, 2.45) is 5.92 Å². The molecule has 0 radical (unpaired) electrons. The normalized spacial score (nSPS) is 26.0. The molecule has 4 rings (SSSR count). The highest BCUT2D eigenvalue weighted by Crippen LogP contribution is 2.41. The summed E-state index contributed by atoms with van der Waals surface area (Å²) >= 11 is 0. The van der Waals surface area contributed by atoms with Crippen molar-refractivity contribution in [3.8, 4) is 0 Å². The summed E-state index contributed by atoms with van der Waals surface area (Å²) in [5.41, 5.74) is 1.92. The molecule has 0 bridgehead atoms. The molecule has 37 heavy (non-hydrogen) atoms. The van der Waals surface area contributed by atoms with E-state index in [1.165, 1.54) is 11.1 Å². The SMILES string of the molecule is CCCC(CC(=O)N1C(C(=O)NC2CCCc3ccccc32)CC2CCCCC21)NC(=O)OC(C)(C)C. The molecule has 3 amide bonds. The highest BCUT2D eigenvalue weighted by atomic mass is 16.6. The molecule has 5 atom stereocenters. The first-order valence-corrected chi connectivity index (χ1v) is 14.3. The molecule has 1 aromatic rings. The van der Waals surface area contributed by atoms with E-state index in [4.69, 9.17) is 4.74 Å². The average Bonchev–Trinajstić information content (AvgIpc) is 3.23. The summed E-state index contributed by atoms with van der Waals surface area (Å²) in [6, 6.07) is 7.71. The van der Waals surface area contributed by atoms with E-state index in [0.29, 0.717) is 12.3 Å². The van der Waals surface area contributed by atoms with E-state index in [2.05, 4.69) is 28.8 Å². The number of ether oxygens (including phenoxy) is 1. The second kappa shape index (κ2) is 11.9. The molecule has 204 valence electrons. The largest absolute Gasteiger partial charge is 0.444 e. The monoisotopic (exact) mass is 511 g/mol. The Bertz CT molecular complexity index is 972. The van der Waals surface area contributed by atoms with E-state index in [0.717, 1.165) is 57.8 Å². The van der Waals surface area contributed by atoms with E-state index in [1.54, 1.807) is 0 Å². The number of nitrogens with zero attached hydrogens (tertiary/aromatic N) is 1. The Labute approximate surface area is 222 Å². The summed E-state index contributed by atoms with van der Waals surface area (Å²) in [4.78, 5) is 41.9. The zero-order valence-corrected chi connectivity index (χ0v) is 23.1. The van der Waals surface area contributed by atoms with Crippen molar-refractivity contribution in [3.05, 3.63) is 35.4 Å². The number of benzene rings is 1. The Morgan fingerprint density at radius 2 is 1.84 bits per heavy atom. The highest BCUT2D eigenvalue weighted by Gasteiger charge is 2.48. The van der Waals surface area contributed by atoms with Crippen LogP contribution in [0.5, 0.6) is 0 Å². The van der Waals surface area contributed by atoms with Gasteiger partial charge in [0.2, 0.25) is 11.8 Å². The number of hydrogen-bond donors (Lipinski definition) is 2. The molecule has 1 saturated carbocycles. The lowest BCUT2D eigenvalue weighted by Gasteiger charge is -2.35. The maximum atomic E-state index is 13.8. The summed E-state index contributed by atoms with van der Waals surface area (Å²) < 4.78 is 5.44. The van der Waals surface area contributed by atoms with Gasteiger partial charge in [-0.25, -0.2) is 4.79 Å². The van der Waals surface area contributed by atoms with Crippen LogP contribution in [0.3, 0.4) is 0 Å². The van der Waals surface area contributed by atoms with Crippen molar-refractivity contribution in [2.75, 3.05) is 0 Å². The summed E-state index contributed by atoms with van der Waals surface area (Å²) in [5.74, 6) is 0.306. The molecule has 0 aromatic heterocycles. The van der Waals surface area contributed by atoms with Crippen LogP contribution in [0.2, 0.25) is 0 Å². The molecular weight excluding hydrogens is 466 g/mol. The number of rotatable bonds is 7. The molecule has 5 unspecified atom stereocenters. The molecule has 0 spiro atoms. The van der Waals surface area contributed by atoms with Gasteiger partial charge in [-0.15, -0.1) is 0 Å². The average molecular weight is 512 g/mol. The summed E-state index contributed by atoms with van der Waals surface area (Å²) in [7, 11) is 0. The number of likely N-dealkylation sites (tertiary alicyclic amines) is 1. The van der Waals surface area contributed by atoms with Gasteiger partial charge in [-0.2, -0.15) is 0 Å². The molecular formula is C30H45N3O4. The number of hydrogen-bond acceptors (Lipinski definition) is 4. The summed E-state index contributed by atoms with van der Waals surface area (Å²) in [5, 5.41) is 6.24. The lowest BCUT2D eigenvalue weighted by Crippen LogP contribution is -2.52. The fourth-order valence-electron chi connectivity index (χ4n) is 6.59. The Morgan fingerprint density at radius 1 is 1.08 bits per heavy atom. The topological polar surface area (TPSA) is 87.7 Å². The number of alkyl carbamates (subject to hydrolysis) is 1. The highest BCUT2D eigenvalue weighted by molar-refractivity contribution is 5.89. The molecule has 1 aliphatic heterocycles. The van der Waals surface area contributed by atoms with Crippen LogP contribution >= 0.6 is 0 Å². The molecule has 2 aliphatic carbocycles. The van der Waals surface area contributed by atoms with Gasteiger partial charge >= 0.3 is 6.09 Å². The Hall–Kier alpha value is -2.57. The number of fused-ring (bicyclic) bond motifs is 2. The van der Waals surface area contributed by atoms with Gasteiger partial charge in [-0.05, 0) is 82.8 Å². The smallest absolute Gasteiger partial charge is 0.407 e. The first kappa shape index (κ1) is 27.5. The number of nitrogens with one attached hydrogen (secondary N) is 2. The van der Waals surface area contributed by atoms with Crippen LogP contribution in [0.25, 0.3) is 0 Å². The lowest BCUT2D eigenvalue weighted by molar-refractivity contribution is -0.141. The maximum Gasteiger partial charge on any atom is 0.407 e. The van der Waals surface area contributed by atoms with E-state index >= 15 is 0 Å². The molecule has 7 nitrogen and oxygen atoms in total. The molecule has 1 heterocycles. The van der Waals surface area contributed by atoms with Gasteiger partial charge in [-0.3, -0.25) is 9.59 Å². The third kappa shape index (κ3) is 6.85. The van der Waals surface area contributed by atoms with E-state index in [1.807, 2.05) is 38.7 Å². The van der Waals surface area contributed by atoms with Gasteiger partial charge in [0.25, 0.3) is 0 Å². The number of carbonyl (C=O) groups is 3. The van der Waals surface area contributed by atoms with Crippen molar-refractivity contribution in [1.29, 1.82) is 0 Å². The van der Waals surface area contributed by atoms with Crippen molar-refractivity contribution >= 4 is 17.9 Å². The quantitative estimate of drug-likeness (QED) is 0.511. The molecule has 7 heteroatoms. The number of amides is 3. The Morgan fingerprint density at radius 3 is 2.59 bits per heavy atom. The Kier molecular flexibility index (Phi) is 8.81. The van der Waals surface area contributed by atoms with Crippen LogP contribution in [0, 0.1) is 5.92 Å². The van der Waals surface area contributed by atoms with Crippen LogP contribution < -0.4 is 10.6 Å². The molecule has 2 fully saturated rings. The van der Waals surface area contributed by atoms with Gasteiger partial charge in [0, 0.05) is 18.5 Å². The van der Waals surface area contributed by atoms with Crippen LogP contribution in [0.15, 0.2) is 24.3 Å². The predicted molar refractivity (Wildman–Crippen MR) is 144 cm³/mol. The molecule has 3 aliphatic rings. The van der Waals surface area contributed by atoms with Crippen molar-refractivity contribution in [1.82, 2.24) is 15.5 Å². The van der Waals surface area contributed by atoms with Gasteiger partial charge in [-0.1, -0.05) is 50.5 Å². The molecule has 2 N–H and O–H groups in total. The third-order valence-electron chi connectivity index (χ3n) is 8.14. The van der Waals surface area contributed by atoms with E-state index in [-0.39, 0.29) is 36.4 Å². The van der Waals surface area contributed by atoms with Crippen LogP contribution in [0.1, 0.15) is 109 Å². The minimum absolute atomic E-state index is 0.00120. The van der Waals surface area contributed by atoms with Gasteiger partial charge < -0.3 is 20.3 Å². The second-order valence-electron chi connectivity index (χ2n) is 12.2. The minimum atomic E-state index is -0.601. The third-order valence-corrected chi connectivity index (χ3v) is 8.14. The van der Waals surface area contributed by atoms with Crippen molar-refractivity contribution in [3.63, 3.8) is 0 Å².